The van der Waals surface area contributed by atoms with Crippen LogP contribution in [0.4, 0.5) is 0 Å². The Labute approximate surface area is 145 Å². The molecule has 0 radical (unpaired) electrons. The van der Waals surface area contributed by atoms with Crippen molar-refractivity contribution in [3.05, 3.63) is 46.5 Å². The lowest BCUT2D eigenvalue weighted by Gasteiger charge is -2.37. The van der Waals surface area contributed by atoms with Gasteiger partial charge in [-0.25, -0.2) is 0 Å². The Morgan fingerprint density at radius 3 is 2.43 bits per heavy atom. The van der Waals surface area contributed by atoms with Crippen LogP contribution in [-0.2, 0) is 25.5 Å². The topological polar surface area (TPSA) is 52.6 Å². The van der Waals surface area contributed by atoms with Crippen LogP contribution in [0.1, 0.15) is 37.3 Å². The summed E-state index contributed by atoms with van der Waals surface area (Å²) in [6, 6.07) is 5.90. The van der Waals surface area contributed by atoms with E-state index in [1.54, 1.807) is 19.9 Å². The van der Waals surface area contributed by atoms with Crippen LogP contribution >= 0.6 is 15.9 Å². The largest absolute Gasteiger partial charge is 0.465 e. The van der Waals surface area contributed by atoms with Gasteiger partial charge in [-0.3, -0.25) is 9.59 Å². The van der Waals surface area contributed by atoms with Crippen molar-refractivity contribution in [2.45, 2.75) is 32.6 Å². The predicted octanol–water partition coefficient (Wildman–Crippen LogP) is 3.78. The van der Waals surface area contributed by atoms with E-state index >= 15 is 0 Å². The number of carbonyl (C=O) groups excluding carboxylic acids is 2. The van der Waals surface area contributed by atoms with Crippen LogP contribution in [0.2, 0.25) is 0 Å². The van der Waals surface area contributed by atoms with Crippen molar-refractivity contribution in [1.82, 2.24) is 0 Å². The van der Waals surface area contributed by atoms with E-state index in [-0.39, 0.29) is 25.6 Å². The molecule has 0 saturated heterocycles. The maximum atomic E-state index is 12.6. The third-order valence-corrected chi connectivity index (χ3v) is 4.68. The van der Waals surface area contributed by atoms with Crippen LogP contribution in [0.15, 0.2) is 35.3 Å². The van der Waals surface area contributed by atoms with Crippen LogP contribution in [0.25, 0.3) is 0 Å². The van der Waals surface area contributed by atoms with Gasteiger partial charge in [0.05, 0.1) is 13.2 Å². The van der Waals surface area contributed by atoms with E-state index in [1.807, 2.05) is 18.2 Å². The van der Waals surface area contributed by atoms with Crippen molar-refractivity contribution in [3.63, 3.8) is 0 Å². The highest BCUT2D eigenvalue weighted by Gasteiger charge is 2.52. The lowest BCUT2D eigenvalue weighted by atomic mass is 9.67. The molecule has 0 fully saturated rings. The maximum Gasteiger partial charge on any atom is 0.323 e. The van der Waals surface area contributed by atoms with Crippen LogP contribution in [0.5, 0.6) is 0 Å². The molecule has 23 heavy (non-hydrogen) atoms. The molecular formula is C18H21BrO4. The second-order valence-corrected chi connectivity index (χ2v) is 6.50. The number of hydrogen-bond donors (Lipinski definition) is 0. The monoisotopic (exact) mass is 380 g/mol. The summed E-state index contributed by atoms with van der Waals surface area (Å²) < 4.78 is 11.3. The molecule has 0 aliphatic heterocycles. The smallest absolute Gasteiger partial charge is 0.323 e. The molecule has 124 valence electrons. The number of allylic oxidation sites excluding steroid dienone is 1. The van der Waals surface area contributed by atoms with Crippen molar-refractivity contribution in [3.8, 4) is 0 Å². The van der Waals surface area contributed by atoms with Gasteiger partial charge in [-0.2, -0.15) is 0 Å². The van der Waals surface area contributed by atoms with Crippen molar-refractivity contribution in [2.75, 3.05) is 13.2 Å². The van der Waals surface area contributed by atoms with Gasteiger partial charge in [0.25, 0.3) is 0 Å². The number of halogens is 1. The molecule has 0 aromatic heterocycles. The minimum atomic E-state index is -1.31. The summed E-state index contributed by atoms with van der Waals surface area (Å²) in [5, 5.41) is 0. The van der Waals surface area contributed by atoms with Gasteiger partial charge >= 0.3 is 11.9 Å². The van der Waals surface area contributed by atoms with E-state index in [1.165, 1.54) is 0 Å². The van der Waals surface area contributed by atoms with Gasteiger partial charge in [0.2, 0.25) is 0 Å². The number of esters is 2. The van der Waals surface area contributed by atoms with Crippen molar-refractivity contribution >= 4 is 27.9 Å². The van der Waals surface area contributed by atoms with Gasteiger partial charge < -0.3 is 9.47 Å². The van der Waals surface area contributed by atoms with E-state index in [9.17, 15) is 9.59 Å². The van der Waals surface area contributed by atoms with Gasteiger partial charge in [-0.05, 0) is 49.9 Å². The summed E-state index contributed by atoms with van der Waals surface area (Å²) in [4.78, 5) is 25.2. The number of hydrogen-bond acceptors (Lipinski definition) is 4. The lowest BCUT2D eigenvalue weighted by molar-refractivity contribution is -0.173. The fourth-order valence-electron chi connectivity index (χ4n) is 3.11. The van der Waals surface area contributed by atoms with Crippen LogP contribution in [0.3, 0.4) is 0 Å². The minimum absolute atomic E-state index is 0.0966. The van der Waals surface area contributed by atoms with Crippen LogP contribution in [0, 0.1) is 5.41 Å². The van der Waals surface area contributed by atoms with E-state index in [4.69, 9.17) is 9.47 Å². The summed E-state index contributed by atoms with van der Waals surface area (Å²) >= 11 is 3.45. The Morgan fingerprint density at radius 1 is 1.30 bits per heavy atom. The van der Waals surface area contributed by atoms with Crippen molar-refractivity contribution in [1.29, 1.82) is 0 Å². The van der Waals surface area contributed by atoms with E-state index in [0.29, 0.717) is 6.42 Å². The van der Waals surface area contributed by atoms with E-state index in [2.05, 4.69) is 22.5 Å². The summed E-state index contributed by atoms with van der Waals surface area (Å²) in [7, 11) is 0. The predicted molar refractivity (Wildman–Crippen MR) is 91.1 cm³/mol. The zero-order chi connectivity index (χ0) is 17.0. The Kier molecular flexibility index (Phi) is 5.63. The summed E-state index contributed by atoms with van der Waals surface area (Å²) in [5.41, 5.74) is 0.725. The first-order valence-electron chi connectivity index (χ1n) is 7.73. The lowest BCUT2D eigenvalue weighted by Crippen LogP contribution is -2.47. The third kappa shape index (κ3) is 3.34. The number of rotatable bonds is 5. The standard InChI is InChI=1S/C18H21BrO4/c1-4-12-10-18(16(20)22-5-2,17(21)23-6-3)11-13-9-14(19)7-8-15(12)13/h4,7-9,12H,1,5-6,10-11H2,2-3H3. The molecule has 1 aromatic rings. The average Bonchev–Trinajstić information content (AvgIpc) is 2.53. The fourth-order valence-corrected chi connectivity index (χ4v) is 3.52. The second-order valence-electron chi connectivity index (χ2n) is 5.59. The molecule has 0 bridgehead atoms. The molecule has 1 aliphatic carbocycles. The minimum Gasteiger partial charge on any atom is -0.465 e. The molecule has 1 atom stereocenters. The summed E-state index contributed by atoms with van der Waals surface area (Å²) in [6.07, 6.45) is 2.38. The fraction of sp³-hybridized carbons (Fsp3) is 0.444. The molecule has 4 nitrogen and oxygen atoms in total. The van der Waals surface area contributed by atoms with E-state index < -0.39 is 17.4 Å². The zero-order valence-electron chi connectivity index (χ0n) is 13.4. The van der Waals surface area contributed by atoms with Gasteiger partial charge in [-0.15, -0.1) is 6.58 Å². The Morgan fingerprint density at radius 2 is 1.91 bits per heavy atom. The molecule has 1 aliphatic rings. The maximum absolute atomic E-state index is 12.6. The second kappa shape index (κ2) is 7.30. The first-order valence-corrected chi connectivity index (χ1v) is 8.53. The molecule has 1 unspecified atom stereocenters. The molecule has 0 saturated carbocycles. The molecule has 0 heterocycles. The highest BCUT2D eigenvalue weighted by Crippen LogP contribution is 2.45. The summed E-state index contributed by atoms with van der Waals surface area (Å²) in [5.74, 6) is -1.13. The number of benzene rings is 1. The zero-order valence-corrected chi connectivity index (χ0v) is 15.0. The number of carbonyl (C=O) groups is 2. The molecule has 0 N–H and O–H groups in total. The average molecular weight is 381 g/mol. The Balaban J connectivity index is 2.53. The first-order chi connectivity index (χ1) is 11.0. The normalized spacial score (nSPS) is 18.7. The highest BCUT2D eigenvalue weighted by atomic mass is 79.9. The quantitative estimate of drug-likeness (QED) is 0.443. The molecule has 5 heteroatoms. The van der Waals surface area contributed by atoms with Crippen LogP contribution in [-0.4, -0.2) is 25.2 Å². The molecular weight excluding hydrogens is 360 g/mol. The molecule has 0 spiro atoms. The molecule has 2 rings (SSSR count). The third-order valence-electron chi connectivity index (χ3n) is 4.18. The number of fused-ring (bicyclic) bond motifs is 1. The Bertz CT molecular complexity index is 605. The highest BCUT2D eigenvalue weighted by molar-refractivity contribution is 9.10. The molecule has 1 aromatic carbocycles. The first kappa shape index (κ1) is 17.7. The van der Waals surface area contributed by atoms with Crippen LogP contribution < -0.4 is 0 Å². The van der Waals surface area contributed by atoms with Crippen molar-refractivity contribution < 1.29 is 19.1 Å². The van der Waals surface area contributed by atoms with Gasteiger partial charge in [-0.1, -0.05) is 28.1 Å². The summed E-state index contributed by atoms with van der Waals surface area (Å²) in [6.45, 7) is 7.78. The SMILES string of the molecule is C=CC1CC(C(=O)OCC)(C(=O)OCC)Cc2cc(Br)ccc21. The number of ether oxygens (including phenoxy) is 2. The Hall–Kier alpha value is -1.62. The van der Waals surface area contributed by atoms with Gasteiger partial charge in [0, 0.05) is 10.4 Å². The molecule has 0 amide bonds. The van der Waals surface area contributed by atoms with Gasteiger partial charge in [0.15, 0.2) is 5.41 Å². The van der Waals surface area contributed by atoms with E-state index in [0.717, 1.165) is 15.6 Å². The van der Waals surface area contributed by atoms with Gasteiger partial charge in [0.1, 0.15) is 0 Å². The van der Waals surface area contributed by atoms with Crippen molar-refractivity contribution in [2.24, 2.45) is 5.41 Å².